The summed E-state index contributed by atoms with van der Waals surface area (Å²) in [6.45, 7) is 6.06. The van der Waals surface area contributed by atoms with E-state index >= 15 is 0 Å². The number of carbonyl (C=O) groups excluding carboxylic acids is 1. The first-order valence-electron chi connectivity index (χ1n) is 6.48. The average Bonchev–Trinajstić information content (AvgIpc) is 2.50. The van der Waals surface area contributed by atoms with E-state index in [1.165, 1.54) is 25.7 Å². The zero-order valence-electron chi connectivity index (χ0n) is 10.7. The smallest absolute Gasteiger partial charge is 0.242 e. The minimum Gasteiger partial charge on any atom is -0.303 e. The fourth-order valence-electron chi connectivity index (χ4n) is 2.08. The second kappa shape index (κ2) is 5.29. The van der Waals surface area contributed by atoms with Crippen LogP contribution in [0.25, 0.3) is 0 Å². The molecule has 1 unspecified atom stereocenters. The van der Waals surface area contributed by atoms with Crippen molar-refractivity contribution < 1.29 is 4.79 Å². The number of nitrogens with zero attached hydrogens (tertiary/aromatic N) is 2. The highest BCUT2D eigenvalue weighted by atomic mass is 32.2. The number of amides is 1. The van der Waals surface area contributed by atoms with E-state index in [9.17, 15) is 4.79 Å². The Labute approximate surface area is 107 Å². The molecule has 0 saturated carbocycles. The van der Waals surface area contributed by atoms with Gasteiger partial charge in [-0.1, -0.05) is 31.5 Å². The van der Waals surface area contributed by atoms with Crippen LogP contribution in [0.3, 0.4) is 0 Å². The monoisotopic (exact) mass is 255 g/mol. The maximum absolute atomic E-state index is 11.8. The Kier molecular flexibility index (Phi) is 3.97. The molecule has 1 N–H and O–H groups in total. The molecule has 0 aromatic carbocycles. The van der Waals surface area contributed by atoms with Crippen LogP contribution in [-0.2, 0) is 4.79 Å². The Bertz CT molecular complexity index is 324. The van der Waals surface area contributed by atoms with E-state index in [-0.39, 0.29) is 10.7 Å². The van der Waals surface area contributed by atoms with E-state index in [0.717, 1.165) is 24.7 Å². The molecule has 96 valence electrons. The van der Waals surface area contributed by atoms with Crippen molar-refractivity contribution in [3.8, 4) is 0 Å². The van der Waals surface area contributed by atoms with Crippen molar-refractivity contribution in [3.63, 3.8) is 0 Å². The lowest BCUT2D eigenvalue weighted by molar-refractivity contribution is -0.121. The quantitative estimate of drug-likeness (QED) is 0.822. The maximum Gasteiger partial charge on any atom is 0.242 e. The molecule has 2 aliphatic rings. The number of hydrogen-bond donors (Lipinski definition) is 1. The van der Waals surface area contributed by atoms with Gasteiger partial charge < -0.3 is 5.32 Å². The molecule has 5 heteroatoms. The number of amidine groups is 1. The van der Waals surface area contributed by atoms with Crippen LogP contribution >= 0.6 is 11.8 Å². The molecule has 2 saturated heterocycles. The molecule has 2 fully saturated rings. The van der Waals surface area contributed by atoms with Gasteiger partial charge in [0.25, 0.3) is 0 Å². The number of thioether (sulfide) groups is 1. The van der Waals surface area contributed by atoms with E-state index in [4.69, 9.17) is 0 Å². The number of nitrogens with one attached hydrogen (secondary N) is 1. The molecule has 0 aromatic rings. The molecule has 2 heterocycles. The number of hydrazone groups is 1. The Morgan fingerprint density at radius 1 is 1.35 bits per heavy atom. The molecule has 17 heavy (non-hydrogen) atoms. The molecule has 2 rings (SSSR count). The largest absolute Gasteiger partial charge is 0.303 e. The first kappa shape index (κ1) is 12.7. The molecule has 1 amide bonds. The molecule has 0 aliphatic carbocycles. The first-order valence-corrected chi connectivity index (χ1v) is 7.30. The second-order valence-corrected chi connectivity index (χ2v) is 6.41. The highest BCUT2D eigenvalue weighted by Gasteiger charge is 2.41. The Balaban J connectivity index is 2.01. The summed E-state index contributed by atoms with van der Waals surface area (Å²) in [5.74, 6) is 0.0959. The van der Waals surface area contributed by atoms with E-state index in [1.54, 1.807) is 11.8 Å². The van der Waals surface area contributed by atoms with E-state index in [2.05, 4.69) is 15.4 Å². The van der Waals surface area contributed by atoms with Gasteiger partial charge in [-0.2, -0.15) is 5.10 Å². The summed E-state index contributed by atoms with van der Waals surface area (Å²) in [6, 6.07) is 0. The number of hydrogen-bond acceptors (Lipinski definition) is 4. The van der Waals surface area contributed by atoms with Gasteiger partial charge in [-0.05, 0) is 26.2 Å². The second-order valence-electron chi connectivity index (χ2n) is 4.91. The summed E-state index contributed by atoms with van der Waals surface area (Å²) in [5.41, 5.74) is 0. The van der Waals surface area contributed by atoms with Crippen LogP contribution in [0.5, 0.6) is 0 Å². The highest BCUT2D eigenvalue weighted by Crippen LogP contribution is 2.34. The normalized spacial score (nSPS) is 32.7. The van der Waals surface area contributed by atoms with Gasteiger partial charge in [0, 0.05) is 13.1 Å². The first-order chi connectivity index (χ1) is 8.14. The molecule has 1 atom stereocenters. The Morgan fingerprint density at radius 3 is 2.53 bits per heavy atom. The van der Waals surface area contributed by atoms with Gasteiger partial charge >= 0.3 is 0 Å². The number of carbonyl (C=O) groups is 1. The average molecular weight is 255 g/mol. The molecular formula is C12H21N3OS. The van der Waals surface area contributed by atoms with Crippen LogP contribution < -0.4 is 5.32 Å². The van der Waals surface area contributed by atoms with E-state index in [0.29, 0.717) is 0 Å². The highest BCUT2D eigenvalue weighted by molar-refractivity contribution is 8.16. The van der Waals surface area contributed by atoms with Crippen molar-refractivity contribution >= 4 is 22.8 Å². The van der Waals surface area contributed by atoms with Gasteiger partial charge in [-0.15, -0.1) is 0 Å². The lowest BCUT2D eigenvalue weighted by atomic mass is 10.1. The summed E-state index contributed by atoms with van der Waals surface area (Å²) in [5, 5.41) is 10.4. The van der Waals surface area contributed by atoms with Gasteiger partial charge in [-0.25, -0.2) is 0 Å². The van der Waals surface area contributed by atoms with E-state index in [1.807, 2.05) is 13.8 Å². The van der Waals surface area contributed by atoms with Crippen LogP contribution in [0.15, 0.2) is 5.10 Å². The van der Waals surface area contributed by atoms with Crippen molar-refractivity contribution in [1.29, 1.82) is 0 Å². The summed E-state index contributed by atoms with van der Waals surface area (Å²) in [6.07, 6.45) is 5.85. The van der Waals surface area contributed by atoms with Crippen molar-refractivity contribution in [2.45, 2.75) is 50.7 Å². The van der Waals surface area contributed by atoms with Gasteiger partial charge in [0.2, 0.25) is 5.91 Å². The molecule has 0 bridgehead atoms. The molecule has 2 aliphatic heterocycles. The maximum atomic E-state index is 11.8. The van der Waals surface area contributed by atoms with Crippen LogP contribution in [0.2, 0.25) is 0 Å². The van der Waals surface area contributed by atoms with Crippen LogP contribution in [-0.4, -0.2) is 33.9 Å². The topological polar surface area (TPSA) is 44.7 Å². The van der Waals surface area contributed by atoms with Crippen LogP contribution in [0, 0.1) is 0 Å². The lowest BCUT2D eigenvalue weighted by Crippen LogP contribution is -2.33. The van der Waals surface area contributed by atoms with Crippen LogP contribution in [0.4, 0.5) is 0 Å². The Morgan fingerprint density at radius 2 is 2.00 bits per heavy atom. The summed E-state index contributed by atoms with van der Waals surface area (Å²) < 4.78 is -0.329. The third kappa shape index (κ3) is 2.94. The summed E-state index contributed by atoms with van der Waals surface area (Å²) in [7, 11) is 0. The summed E-state index contributed by atoms with van der Waals surface area (Å²) >= 11 is 1.57. The van der Waals surface area contributed by atoms with Gasteiger partial charge in [-0.3, -0.25) is 9.80 Å². The van der Waals surface area contributed by atoms with Crippen molar-refractivity contribution in [1.82, 2.24) is 10.3 Å². The molecule has 4 nitrogen and oxygen atoms in total. The third-order valence-electron chi connectivity index (χ3n) is 3.51. The molecule has 0 aromatic heterocycles. The fraction of sp³-hybridized carbons (Fsp3) is 0.833. The predicted octanol–water partition coefficient (Wildman–Crippen LogP) is 2.17. The SMILES string of the molecule is CCC1(C)S/C(=N/N2CCCCCC2)NC1=O. The van der Waals surface area contributed by atoms with Gasteiger partial charge in [0.05, 0.1) is 4.75 Å². The zero-order chi connectivity index (χ0) is 12.3. The van der Waals surface area contributed by atoms with E-state index < -0.39 is 0 Å². The van der Waals surface area contributed by atoms with Crippen molar-refractivity contribution in [2.24, 2.45) is 5.10 Å². The lowest BCUT2D eigenvalue weighted by Gasteiger charge is -2.17. The molecular weight excluding hydrogens is 234 g/mol. The fourth-order valence-corrected chi connectivity index (χ4v) is 3.09. The Hall–Kier alpha value is -0.710. The number of rotatable bonds is 2. The van der Waals surface area contributed by atoms with Crippen molar-refractivity contribution in [3.05, 3.63) is 0 Å². The van der Waals surface area contributed by atoms with Gasteiger partial charge in [0.15, 0.2) is 5.17 Å². The van der Waals surface area contributed by atoms with Crippen LogP contribution in [0.1, 0.15) is 46.0 Å². The third-order valence-corrected chi connectivity index (χ3v) is 4.81. The van der Waals surface area contributed by atoms with Gasteiger partial charge in [0.1, 0.15) is 0 Å². The van der Waals surface area contributed by atoms with Crippen molar-refractivity contribution in [2.75, 3.05) is 13.1 Å². The summed E-state index contributed by atoms with van der Waals surface area (Å²) in [4.78, 5) is 11.8. The minimum atomic E-state index is -0.329. The zero-order valence-corrected chi connectivity index (χ0v) is 11.5. The standard InChI is InChI=1S/C12H21N3OS/c1-3-12(2)10(16)13-11(17-12)14-15-8-6-4-5-7-9-15/h3-9H2,1-2H3,(H,13,14,16). The molecule has 0 radical (unpaired) electrons. The molecule has 0 spiro atoms. The predicted molar refractivity (Wildman–Crippen MR) is 71.9 cm³/mol. The minimum absolute atomic E-state index is 0.0959.